The van der Waals surface area contributed by atoms with Crippen molar-refractivity contribution in [2.24, 2.45) is 5.92 Å². The molecule has 0 spiro atoms. The topological polar surface area (TPSA) is 82.5 Å². The number of fused-ring (bicyclic) bond motifs is 1. The highest BCUT2D eigenvalue weighted by Crippen LogP contribution is 2.51. The summed E-state index contributed by atoms with van der Waals surface area (Å²) in [6, 6.07) is 8.97. The van der Waals surface area contributed by atoms with E-state index in [-0.39, 0.29) is 11.8 Å². The zero-order valence-electron chi connectivity index (χ0n) is 14.7. The number of carbonyl (C=O) groups is 1. The van der Waals surface area contributed by atoms with Gasteiger partial charge in [0.2, 0.25) is 5.91 Å². The van der Waals surface area contributed by atoms with Gasteiger partial charge in [-0.3, -0.25) is 9.78 Å². The number of anilines is 1. The second kappa shape index (κ2) is 6.85. The summed E-state index contributed by atoms with van der Waals surface area (Å²) in [5, 5.41) is 21.9. The van der Waals surface area contributed by atoms with Crippen LogP contribution >= 0.6 is 0 Å². The van der Waals surface area contributed by atoms with Crippen LogP contribution in [0.5, 0.6) is 0 Å². The molecule has 1 aliphatic heterocycles. The van der Waals surface area contributed by atoms with Crippen molar-refractivity contribution in [3.8, 4) is 0 Å². The number of pyridine rings is 1. The van der Waals surface area contributed by atoms with Gasteiger partial charge in [-0.1, -0.05) is 49.9 Å². The summed E-state index contributed by atoms with van der Waals surface area (Å²) >= 11 is 0. The maximum absolute atomic E-state index is 13.3. The Morgan fingerprint density at radius 2 is 1.73 bits per heavy atom. The normalized spacial score (nSPS) is 23.2. The molecule has 2 aliphatic rings. The molecule has 1 fully saturated rings. The molecule has 1 unspecified atom stereocenters. The first kappa shape index (κ1) is 17.2. The van der Waals surface area contributed by atoms with Crippen LogP contribution in [0.4, 0.5) is 5.69 Å². The number of amides is 1. The summed E-state index contributed by atoms with van der Waals surface area (Å²) in [5.41, 5.74) is 2.34. The molecule has 6 heteroatoms. The van der Waals surface area contributed by atoms with Crippen molar-refractivity contribution < 1.29 is 14.8 Å². The van der Waals surface area contributed by atoms with Gasteiger partial charge in [-0.25, -0.2) is 0 Å². The third-order valence-electron chi connectivity index (χ3n) is 5.98. The number of carbonyl (C=O) groups excluding carboxylic acids is 1. The SMILES string of the molecule is O=C1Nc2ccncc2C1(c1ccc(B(O)O)cc1)C1CCCCCC1. The summed E-state index contributed by atoms with van der Waals surface area (Å²) in [5.74, 6) is 0.213. The van der Waals surface area contributed by atoms with Crippen molar-refractivity contribution in [2.45, 2.75) is 43.9 Å². The highest BCUT2D eigenvalue weighted by molar-refractivity contribution is 6.58. The molecule has 2 heterocycles. The molecule has 134 valence electrons. The van der Waals surface area contributed by atoms with E-state index in [9.17, 15) is 14.8 Å². The predicted octanol–water partition coefficient (Wildman–Crippen LogP) is 1.97. The lowest BCUT2D eigenvalue weighted by Crippen LogP contribution is -2.43. The molecule has 1 aromatic heterocycles. The lowest BCUT2D eigenvalue weighted by Gasteiger charge is -2.36. The Hall–Kier alpha value is -2.18. The first-order valence-corrected chi connectivity index (χ1v) is 9.36. The van der Waals surface area contributed by atoms with Crippen molar-refractivity contribution in [3.05, 3.63) is 53.9 Å². The van der Waals surface area contributed by atoms with Crippen LogP contribution < -0.4 is 10.8 Å². The van der Waals surface area contributed by atoms with Crippen molar-refractivity contribution >= 4 is 24.2 Å². The van der Waals surface area contributed by atoms with Gasteiger partial charge in [0, 0.05) is 23.6 Å². The predicted molar refractivity (Wildman–Crippen MR) is 101 cm³/mol. The first-order valence-electron chi connectivity index (χ1n) is 9.36. The van der Waals surface area contributed by atoms with E-state index >= 15 is 0 Å². The summed E-state index contributed by atoms with van der Waals surface area (Å²) in [6.07, 6.45) is 10.2. The minimum absolute atomic E-state index is 0.00435. The molecule has 3 N–H and O–H groups in total. The standard InChI is InChI=1S/C20H23BN2O3/c24-19-20(14-5-3-1-2-4-6-14,17-13-22-12-11-18(17)23-19)15-7-9-16(10-8-15)21(25)26/h7-14,25-26H,1-6H2,(H,23,24). The van der Waals surface area contributed by atoms with E-state index in [1.165, 1.54) is 12.8 Å². The third kappa shape index (κ3) is 2.64. The number of rotatable bonds is 3. The van der Waals surface area contributed by atoms with E-state index in [0.717, 1.165) is 42.5 Å². The zero-order valence-corrected chi connectivity index (χ0v) is 14.7. The van der Waals surface area contributed by atoms with Crippen LogP contribution in [0, 0.1) is 5.92 Å². The van der Waals surface area contributed by atoms with Gasteiger partial charge in [0.15, 0.2) is 0 Å². The molecule has 1 aliphatic carbocycles. The van der Waals surface area contributed by atoms with Gasteiger partial charge >= 0.3 is 7.12 Å². The van der Waals surface area contributed by atoms with Gasteiger partial charge in [-0.2, -0.15) is 0 Å². The molecule has 1 atom stereocenters. The van der Waals surface area contributed by atoms with Crippen molar-refractivity contribution in [3.63, 3.8) is 0 Å². The van der Waals surface area contributed by atoms with Crippen LogP contribution in [0.15, 0.2) is 42.7 Å². The molecule has 0 saturated heterocycles. The minimum atomic E-state index is -1.51. The smallest absolute Gasteiger partial charge is 0.423 e. The Kier molecular flexibility index (Phi) is 4.55. The van der Waals surface area contributed by atoms with Crippen LogP contribution in [0.3, 0.4) is 0 Å². The van der Waals surface area contributed by atoms with E-state index in [1.807, 2.05) is 24.4 Å². The molecular formula is C20H23BN2O3. The molecule has 1 saturated carbocycles. The summed E-state index contributed by atoms with van der Waals surface area (Å²) in [4.78, 5) is 17.6. The van der Waals surface area contributed by atoms with Gasteiger partial charge in [0.25, 0.3) is 0 Å². The fraction of sp³-hybridized carbons (Fsp3) is 0.400. The van der Waals surface area contributed by atoms with Crippen molar-refractivity contribution in [1.29, 1.82) is 0 Å². The summed E-state index contributed by atoms with van der Waals surface area (Å²) in [7, 11) is -1.51. The van der Waals surface area contributed by atoms with Gasteiger partial charge in [0.05, 0.1) is 0 Å². The molecule has 1 aromatic carbocycles. The van der Waals surface area contributed by atoms with Crippen LogP contribution in [0.25, 0.3) is 0 Å². The van der Waals surface area contributed by atoms with Crippen LogP contribution in [0.2, 0.25) is 0 Å². The van der Waals surface area contributed by atoms with Crippen LogP contribution in [-0.2, 0) is 10.2 Å². The first-order chi connectivity index (χ1) is 12.6. The maximum atomic E-state index is 13.3. The Morgan fingerprint density at radius 1 is 1.04 bits per heavy atom. The third-order valence-corrected chi connectivity index (χ3v) is 5.98. The quantitative estimate of drug-likeness (QED) is 0.584. The Labute approximate surface area is 153 Å². The number of nitrogens with one attached hydrogen (secondary N) is 1. The number of hydrogen-bond donors (Lipinski definition) is 3. The Bertz CT molecular complexity index is 801. The number of nitrogens with zero attached hydrogens (tertiary/aromatic N) is 1. The van der Waals surface area contributed by atoms with Gasteiger partial charge in [-0.05, 0) is 35.9 Å². The Balaban J connectivity index is 1.89. The van der Waals surface area contributed by atoms with E-state index in [0.29, 0.717) is 5.46 Å². The van der Waals surface area contributed by atoms with E-state index in [2.05, 4.69) is 10.3 Å². The highest BCUT2D eigenvalue weighted by Gasteiger charge is 2.53. The molecule has 5 nitrogen and oxygen atoms in total. The Morgan fingerprint density at radius 3 is 2.38 bits per heavy atom. The van der Waals surface area contributed by atoms with Gasteiger partial charge < -0.3 is 15.4 Å². The number of hydrogen-bond acceptors (Lipinski definition) is 4. The lowest BCUT2D eigenvalue weighted by molar-refractivity contribution is -0.121. The zero-order chi connectivity index (χ0) is 18.1. The van der Waals surface area contributed by atoms with E-state index < -0.39 is 12.5 Å². The molecule has 1 amide bonds. The second-order valence-electron chi connectivity index (χ2n) is 7.37. The van der Waals surface area contributed by atoms with Gasteiger partial charge in [-0.15, -0.1) is 0 Å². The molecule has 0 radical (unpaired) electrons. The average molecular weight is 350 g/mol. The molecule has 2 aromatic rings. The molecule has 4 rings (SSSR count). The number of aromatic nitrogens is 1. The summed E-state index contributed by atoms with van der Waals surface area (Å²) < 4.78 is 0. The van der Waals surface area contributed by atoms with Crippen LogP contribution in [-0.4, -0.2) is 28.1 Å². The monoisotopic (exact) mass is 350 g/mol. The maximum Gasteiger partial charge on any atom is 0.488 e. The molecule has 26 heavy (non-hydrogen) atoms. The fourth-order valence-corrected chi connectivity index (χ4v) is 4.72. The summed E-state index contributed by atoms with van der Waals surface area (Å²) in [6.45, 7) is 0. The molecule has 0 bridgehead atoms. The van der Waals surface area contributed by atoms with Crippen molar-refractivity contribution in [2.75, 3.05) is 5.32 Å². The van der Waals surface area contributed by atoms with E-state index in [4.69, 9.17) is 0 Å². The largest absolute Gasteiger partial charge is 0.488 e. The van der Waals surface area contributed by atoms with E-state index in [1.54, 1.807) is 18.3 Å². The minimum Gasteiger partial charge on any atom is -0.423 e. The number of benzene rings is 1. The van der Waals surface area contributed by atoms with Crippen LogP contribution in [0.1, 0.15) is 49.7 Å². The lowest BCUT2D eigenvalue weighted by atomic mass is 9.63. The van der Waals surface area contributed by atoms with Crippen molar-refractivity contribution in [1.82, 2.24) is 4.98 Å². The fourth-order valence-electron chi connectivity index (χ4n) is 4.72. The molecular weight excluding hydrogens is 327 g/mol. The second-order valence-corrected chi connectivity index (χ2v) is 7.37. The highest BCUT2D eigenvalue weighted by atomic mass is 16.4. The average Bonchev–Trinajstić information content (AvgIpc) is 2.80. The van der Waals surface area contributed by atoms with Gasteiger partial charge in [0.1, 0.15) is 5.41 Å².